The van der Waals surface area contributed by atoms with E-state index in [2.05, 4.69) is 10.1 Å². The molecule has 0 atom stereocenters. The van der Waals surface area contributed by atoms with E-state index in [1.54, 1.807) is 6.92 Å². The van der Waals surface area contributed by atoms with Crippen molar-refractivity contribution in [1.82, 2.24) is 14.6 Å². The molecule has 0 fully saturated rings. The molecule has 0 aliphatic heterocycles. The molecule has 2 heterocycles. The summed E-state index contributed by atoms with van der Waals surface area (Å²) < 4.78 is 17.4. The normalized spacial score (nSPS) is 11.1. The van der Waals surface area contributed by atoms with Crippen molar-refractivity contribution in [2.24, 2.45) is 0 Å². The fourth-order valence-corrected chi connectivity index (χ4v) is 3.53. The van der Waals surface area contributed by atoms with Crippen LogP contribution in [0, 0.1) is 6.92 Å². The van der Waals surface area contributed by atoms with Crippen LogP contribution in [0.4, 0.5) is 0 Å². The molecule has 3 aromatic rings. The molecule has 2 aromatic heterocycles. The summed E-state index contributed by atoms with van der Waals surface area (Å²) >= 11 is 7.41. The van der Waals surface area contributed by atoms with Crippen LogP contribution in [-0.4, -0.2) is 33.8 Å². The lowest BCUT2D eigenvalue weighted by Crippen LogP contribution is -2.14. The first-order chi connectivity index (χ1) is 13.3. The molecule has 0 spiro atoms. The van der Waals surface area contributed by atoms with Gasteiger partial charge in [0, 0.05) is 11.8 Å². The zero-order valence-electron chi connectivity index (χ0n) is 15.7. The first kappa shape index (κ1) is 20.1. The van der Waals surface area contributed by atoms with Gasteiger partial charge in [0.1, 0.15) is 6.61 Å². The summed E-state index contributed by atoms with van der Waals surface area (Å²) in [6, 6.07) is 4.34. The second kappa shape index (κ2) is 8.15. The number of aryl methyl sites for hydroxylation is 1. The number of esters is 1. The van der Waals surface area contributed by atoms with E-state index in [1.165, 1.54) is 41.2 Å². The minimum atomic E-state index is -0.605. The van der Waals surface area contributed by atoms with Crippen molar-refractivity contribution in [3.05, 3.63) is 49.8 Å². The topological polar surface area (TPSA) is 92.0 Å². The van der Waals surface area contributed by atoms with Crippen LogP contribution in [0.5, 0.6) is 11.5 Å². The fraction of sp³-hybridized carbons (Fsp3) is 0.333. The Morgan fingerprint density at radius 3 is 2.75 bits per heavy atom. The Morgan fingerprint density at radius 2 is 2.07 bits per heavy atom. The Hall–Kier alpha value is -2.65. The van der Waals surface area contributed by atoms with Crippen molar-refractivity contribution < 1.29 is 19.0 Å². The van der Waals surface area contributed by atoms with Gasteiger partial charge in [-0.2, -0.15) is 9.61 Å². The number of halogens is 1. The highest BCUT2D eigenvalue weighted by Crippen LogP contribution is 2.37. The third kappa shape index (κ3) is 4.26. The lowest BCUT2D eigenvalue weighted by Gasteiger charge is -2.16. The van der Waals surface area contributed by atoms with Crippen molar-refractivity contribution in [2.75, 3.05) is 7.11 Å². The maximum Gasteiger partial charge on any atom is 0.338 e. The zero-order valence-corrected chi connectivity index (χ0v) is 17.3. The molecule has 1 aromatic carbocycles. The van der Waals surface area contributed by atoms with Crippen LogP contribution >= 0.6 is 22.9 Å². The molecule has 0 unspecified atom stereocenters. The van der Waals surface area contributed by atoms with Crippen LogP contribution in [0.15, 0.2) is 23.0 Å². The van der Waals surface area contributed by atoms with E-state index < -0.39 is 5.97 Å². The second-order valence-electron chi connectivity index (χ2n) is 6.16. The molecule has 0 aliphatic rings. The van der Waals surface area contributed by atoms with E-state index in [4.69, 9.17) is 25.8 Å². The molecular weight excluding hydrogens is 406 g/mol. The quantitative estimate of drug-likeness (QED) is 0.562. The van der Waals surface area contributed by atoms with Crippen LogP contribution in [0.25, 0.3) is 4.96 Å². The van der Waals surface area contributed by atoms with Crippen LogP contribution in [-0.2, 0) is 11.3 Å². The van der Waals surface area contributed by atoms with Crippen LogP contribution in [0.3, 0.4) is 0 Å². The number of aromatic nitrogens is 3. The standard InChI is InChI=1S/C18H18ClN3O5S/c1-9(2)27-16-12(19)6-11(7-13(16)25-4)17(24)26-8-14-21-22-15(23)5-10(3)20-18(22)28-14/h5-7,9H,8H2,1-4H3. The van der Waals surface area contributed by atoms with Crippen molar-refractivity contribution in [3.63, 3.8) is 0 Å². The highest BCUT2D eigenvalue weighted by Gasteiger charge is 2.18. The number of hydrogen-bond donors (Lipinski definition) is 0. The van der Waals surface area contributed by atoms with Gasteiger partial charge in [-0.05, 0) is 32.9 Å². The predicted octanol–water partition coefficient (Wildman–Crippen LogP) is 3.27. The predicted molar refractivity (Wildman–Crippen MR) is 105 cm³/mol. The van der Waals surface area contributed by atoms with Gasteiger partial charge < -0.3 is 14.2 Å². The van der Waals surface area contributed by atoms with E-state index in [0.717, 1.165) is 0 Å². The van der Waals surface area contributed by atoms with Crippen molar-refractivity contribution in [3.8, 4) is 11.5 Å². The van der Waals surface area contributed by atoms with E-state index in [0.29, 0.717) is 27.2 Å². The van der Waals surface area contributed by atoms with Crippen molar-refractivity contribution in [2.45, 2.75) is 33.5 Å². The molecule has 0 saturated heterocycles. The van der Waals surface area contributed by atoms with Crippen molar-refractivity contribution >= 4 is 33.9 Å². The molecule has 148 valence electrons. The fourth-order valence-electron chi connectivity index (χ4n) is 2.42. The highest BCUT2D eigenvalue weighted by atomic mass is 35.5. The number of rotatable bonds is 6. The minimum absolute atomic E-state index is 0.102. The molecule has 0 aliphatic carbocycles. The maximum atomic E-state index is 12.4. The molecule has 8 nitrogen and oxygen atoms in total. The lowest BCUT2D eigenvalue weighted by molar-refractivity contribution is 0.0471. The van der Waals surface area contributed by atoms with Crippen LogP contribution in [0.2, 0.25) is 5.02 Å². The van der Waals surface area contributed by atoms with Gasteiger partial charge in [0.05, 0.1) is 23.8 Å². The van der Waals surface area contributed by atoms with Crippen LogP contribution in [0.1, 0.15) is 34.9 Å². The first-order valence-corrected chi connectivity index (χ1v) is 9.55. The third-order valence-corrected chi connectivity index (χ3v) is 4.72. The Labute approximate surface area is 169 Å². The number of hydrogen-bond acceptors (Lipinski definition) is 8. The number of ether oxygens (including phenoxy) is 3. The van der Waals surface area contributed by atoms with Gasteiger partial charge in [0.25, 0.3) is 5.56 Å². The number of methoxy groups -OCH3 is 1. The molecule has 0 radical (unpaired) electrons. The Bertz CT molecular complexity index is 1090. The van der Waals surface area contributed by atoms with E-state index >= 15 is 0 Å². The molecular formula is C18H18ClN3O5S. The summed E-state index contributed by atoms with van der Waals surface area (Å²) in [4.78, 5) is 29.0. The van der Waals surface area contributed by atoms with Crippen LogP contribution < -0.4 is 15.0 Å². The van der Waals surface area contributed by atoms with E-state index in [-0.39, 0.29) is 28.9 Å². The summed E-state index contributed by atoms with van der Waals surface area (Å²) in [6.07, 6.45) is -0.108. The molecule has 0 saturated carbocycles. The zero-order chi connectivity index (χ0) is 20.4. The van der Waals surface area contributed by atoms with Gasteiger partial charge in [0.15, 0.2) is 16.5 Å². The average molecular weight is 424 g/mol. The number of carbonyl (C=O) groups is 1. The van der Waals surface area contributed by atoms with Crippen molar-refractivity contribution in [1.29, 1.82) is 0 Å². The molecule has 28 heavy (non-hydrogen) atoms. The Morgan fingerprint density at radius 1 is 1.32 bits per heavy atom. The van der Waals surface area contributed by atoms with Gasteiger partial charge >= 0.3 is 5.97 Å². The molecule has 0 amide bonds. The minimum Gasteiger partial charge on any atom is -0.493 e. The summed E-state index contributed by atoms with van der Waals surface area (Å²) in [6.45, 7) is 5.34. The number of benzene rings is 1. The van der Waals surface area contributed by atoms with Gasteiger partial charge in [-0.1, -0.05) is 22.9 Å². The second-order valence-corrected chi connectivity index (χ2v) is 7.61. The smallest absolute Gasteiger partial charge is 0.338 e. The summed E-state index contributed by atoms with van der Waals surface area (Å²) in [5.74, 6) is 0.0918. The molecule has 10 heteroatoms. The summed E-state index contributed by atoms with van der Waals surface area (Å²) in [5.41, 5.74) is 0.529. The number of carbonyl (C=O) groups excluding carboxylic acids is 1. The summed E-state index contributed by atoms with van der Waals surface area (Å²) in [7, 11) is 1.46. The lowest BCUT2D eigenvalue weighted by atomic mass is 10.2. The average Bonchev–Trinajstić information content (AvgIpc) is 3.04. The maximum absolute atomic E-state index is 12.4. The largest absolute Gasteiger partial charge is 0.493 e. The molecule has 0 bridgehead atoms. The Kier molecular flexibility index (Phi) is 5.85. The molecule has 3 rings (SSSR count). The highest BCUT2D eigenvalue weighted by molar-refractivity contribution is 7.16. The SMILES string of the molecule is COc1cc(C(=O)OCc2nn3c(=O)cc(C)nc3s2)cc(Cl)c1OC(C)C. The third-order valence-electron chi connectivity index (χ3n) is 3.56. The number of nitrogens with zero attached hydrogens (tertiary/aromatic N) is 3. The van der Waals surface area contributed by atoms with Gasteiger partial charge in [-0.15, -0.1) is 0 Å². The van der Waals surface area contributed by atoms with E-state index in [9.17, 15) is 9.59 Å². The van der Waals surface area contributed by atoms with Gasteiger partial charge in [-0.3, -0.25) is 4.79 Å². The molecule has 0 N–H and O–H groups in total. The Balaban J connectivity index is 1.79. The van der Waals surface area contributed by atoms with E-state index in [1.807, 2.05) is 13.8 Å². The summed E-state index contributed by atoms with van der Waals surface area (Å²) in [5, 5.41) is 4.82. The van der Waals surface area contributed by atoms with Gasteiger partial charge in [-0.25, -0.2) is 9.78 Å². The number of fused-ring (bicyclic) bond motifs is 1. The monoisotopic (exact) mass is 423 g/mol. The van der Waals surface area contributed by atoms with Gasteiger partial charge in [0.2, 0.25) is 4.96 Å². The first-order valence-electron chi connectivity index (χ1n) is 8.36.